The molecule has 1 fully saturated rings. The molecule has 2 rings (SSSR count). The van der Waals surface area contributed by atoms with Gasteiger partial charge < -0.3 is 5.32 Å². The molecule has 100 valence electrons. The van der Waals surface area contributed by atoms with Gasteiger partial charge in [-0.15, -0.1) is 0 Å². The molecule has 1 N–H and O–H groups in total. The maximum absolute atomic E-state index is 12.6. The van der Waals surface area contributed by atoms with Crippen LogP contribution in [0.2, 0.25) is 0 Å². The molecule has 0 aliphatic carbocycles. The predicted octanol–water partition coefficient (Wildman–Crippen LogP) is 1.47. The number of nitrogens with one attached hydrogen (secondary N) is 1. The van der Waals surface area contributed by atoms with E-state index in [9.17, 15) is 9.59 Å². The van der Waals surface area contributed by atoms with Crippen LogP contribution < -0.4 is 5.32 Å². The van der Waals surface area contributed by atoms with Crippen LogP contribution in [0.1, 0.15) is 39.5 Å². The van der Waals surface area contributed by atoms with E-state index < -0.39 is 5.41 Å². The zero-order chi connectivity index (χ0) is 13.2. The monoisotopic (exact) mass is 250 g/mol. The van der Waals surface area contributed by atoms with E-state index in [-0.39, 0.29) is 11.7 Å². The van der Waals surface area contributed by atoms with Gasteiger partial charge in [0.1, 0.15) is 5.41 Å². The Morgan fingerprint density at radius 3 is 2.39 bits per heavy atom. The van der Waals surface area contributed by atoms with E-state index in [1.54, 1.807) is 6.20 Å². The van der Waals surface area contributed by atoms with Gasteiger partial charge in [-0.2, -0.15) is 0 Å². The number of carbonyl (C=O) groups is 2. The Morgan fingerprint density at radius 1 is 1.22 bits per heavy atom. The molecular weight excluding hydrogens is 228 g/mol. The highest BCUT2D eigenvalue weighted by Gasteiger charge is 2.45. The number of amides is 1. The van der Waals surface area contributed by atoms with Gasteiger partial charge in [0, 0.05) is 18.3 Å². The zero-order valence-corrected chi connectivity index (χ0v) is 11.3. The number of carbonyl (C=O) groups excluding carboxylic acids is 2. The number of nitrogens with zero attached hydrogens (tertiary/aromatic N) is 1. The van der Waals surface area contributed by atoms with E-state index in [4.69, 9.17) is 0 Å². The molecule has 0 aromatic rings. The van der Waals surface area contributed by atoms with Gasteiger partial charge in [-0.3, -0.25) is 14.5 Å². The van der Waals surface area contributed by atoms with Crippen LogP contribution in [0.3, 0.4) is 0 Å². The van der Waals surface area contributed by atoms with Crippen molar-refractivity contribution in [3.05, 3.63) is 11.8 Å². The van der Waals surface area contributed by atoms with Crippen LogP contribution in [0.25, 0.3) is 0 Å². The van der Waals surface area contributed by atoms with E-state index in [1.165, 1.54) is 12.8 Å². The van der Waals surface area contributed by atoms with Gasteiger partial charge in [-0.1, -0.05) is 13.8 Å². The van der Waals surface area contributed by atoms with Crippen LogP contribution in [0.5, 0.6) is 0 Å². The summed E-state index contributed by atoms with van der Waals surface area (Å²) in [6.07, 6.45) is 5.19. The van der Waals surface area contributed by atoms with E-state index in [2.05, 4.69) is 10.2 Å². The minimum absolute atomic E-state index is 0.0307. The summed E-state index contributed by atoms with van der Waals surface area (Å²) in [5.74, 6) is -0.106. The molecule has 0 spiro atoms. The summed E-state index contributed by atoms with van der Waals surface area (Å²) in [4.78, 5) is 26.8. The van der Waals surface area contributed by atoms with E-state index in [1.807, 2.05) is 13.8 Å². The molecule has 1 amide bonds. The van der Waals surface area contributed by atoms with Gasteiger partial charge in [-0.05, 0) is 38.8 Å². The second kappa shape index (κ2) is 5.22. The highest BCUT2D eigenvalue weighted by Crippen LogP contribution is 2.33. The van der Waals surface area contributed by atoms with Crippen molar-refractivity contribution in [1.82, 2.24) is 10.2 Å². The van der Waals surface area contributed by atoms with E-state index in [0.717, 1.165) is 18.7 Å². The van der Waals surface area contributed by atoms with E-state index in [0.29, 0.717) is 19.4 Å². The van der Waals surface area contributed by atoms with Crippen molar-refractivity contribution in [1.29, 1.82) is 0 Å². The first-order chi connectivity index (χ1) is 8.64. The molecule has 4 nitrogen and oxygen atoms in total. The van der Waals surface area contributed by atoms with Crippen LogP contribution >= 0.6 is 0 Å². The highest BCUT2D eigenvalue weighted by atomic mass is 16.2. The molecule has 0 bridgehead atoms. The maximum atomic E-state index is 12.6. The van der Waals surface area contributed by atoms with Crippen molar-refractivity contribution in [2.45, 2.75) is 39.5 Å². The highest BCUT2D eigenvalue weighted by molar-refractivity contribution is 6.16. The lowest BCUT2D eigenvalue weighted by molar-refractivity contribution is -0.141. The standard InChI is InChI=1S/C14H22N2O2/c1-3-14(4-2)12(17)11(9-15-13(14)18)10-16-7-5-6-8-16/h9H,3-8,10H2,1-2H3,(H,15,18). The second-order valence-corrected chi connectivity index (χ2v) is 5.24. The Balaban J connectivity index is 2.17. The topological polar surface area (TPSA) is 49.4 Å². The molecule has 1 saturated heterocycles. The van der Waals surface area contributed by atoms with Crippen LogP contribution in [-0.4, -0.2) is 36.2 Å². The van der Waals surface area contributed by atoms with Crippen molar-refractivity contribution in [3.63, 3.8) is 0 Å². The Kier molecular flexibility index (Phi) is 3.85. The average molecular weight is 250 g/mol. The molecule has 0 aromatic heterocycles. The Hall–Kier alpha value is -1.16. The van der Waals surface area contributed by atoms with Gasteiger partial charge in [0.2, 0.25) is 5.91 Å². The summed E-state index contributed by atoms with van der Waals surface area (Å²) in [5.41, 5.74) is -0.0655. The first kappa shape index (κ1) is 13.3. The van der Waals surface area contributed by atoms with Crippen LogP contribution in [0.15, 0.2) is 11.8 Å². The maximum Gasteiger partial charge on any atom is 0.237 e. The fourth-order valence-corrected chi connectivity index (χ4v) is 2.96. The van der Waals surface area contributed by atoms with Gasteiger partial charge >= 0.3 is 0 Å². The molecule has 2 aliphatic rings. The summed E-state index contributed by atoms with van der Waals surface area (Å²) < 4.78 is 0. The SMILES string of the molecule is CCC1(CC)C(=O)NC=C(CN2CCCC2)C1=O. The summed E-state index contributed by atoms with van der Waals surface area (Å²) in [6.45, 7) is 6.63. The third-order valence-corrected chi connectivity index (χ3v) is 4.34. The summed E-state index contributed by atoms with van der Waals surface area (Å²) in [6, 6.07) is 0. The van der Waals surface area contributed by atoms with E-state index >= 15 is 0 Å². The first-order valence-corrected chi connectivity index (χ1v) is 6.91. The van der Waals surface area contributed by atoms with Crippen molar-refractivity contribution >= 4 is 11.7 Å². The Morgan fingerprint density at radius 2 is 1.83 bits per heavy atom. The number of hydrogen-bond donors (Lipinski definition) is 1. The zero-order valence-electron chi connectivity index (χ0n) is 11.3. The normalized spacial score (nSPS) is 24.0. The van der Waals surface area contributed by atoms with Crippen molar-refractivity contribution in [2.24, 2.45) is 5.41 Å². The largest absolute Gasteiger partial charge is 0.331 e. The van der Waals surface area contributed by atoms with Gasteiger partial charge in [0.25, 0.3) is 0 Å². The molecule has 0 atom stereocenters. The third-order valence-electron chi connectivity index (χ3n) is 4.34. The molecule has 0 unspecified atom stereocenters. The molecule has 18 heavy (non-hydrogen) atoms. The smallest absolute Gasteiger partial charge is 0.237 e. The lowest BCUT2D eigenvalue weighted by atomic mass is 9.73. The molecule has 0 aromatic carbocycles. The van der Waals surface area contributed by atoms with Crippen LogP contribution in [-0.2, 0) is 9.59 Å². The van der Waals surface area contributed by atoms with Crippen LogP contribution in [0, 0.1) is 5.41 Å². The third kappa shape index (κ3) is 2.09. The molecule has 4 heteroatoms. The first-order valence-electron chi connectivity index (χ1n) is 6.91. The molecular formula is C14H22N2O2. The fraction of sp³-hybridized carbons (Fsp3) is 0.714. The predicted molar refractivity (Wildman–Crippen MR) is 69.9 cm³/mol. The number of rotatable bonds is 4. The number of hydrogen-bond acceptors (Lipinski definition) is 3. The van der Waals surface area contributed by atoms with Crippen molar-refractivity contribution in [2.75, 3.05) is 19.6 Å². The fourth-order valence-electron chi connectivity index (χ4n) is 2.96. The quantitative estimate of drug-likeness (QED) is 0.769. The Bertz CT molecular complexity index is 377. The van der Waals surface area contributed by atoms with Crippen LogP contribution in [0.4, 0.5) is 0 Å². The van der Waals surface area contributed by atoms with Gasteiger partial charge in [-0.25, -0.2) is 0 Å². The summed E-state index contributed by atoms with van der Waals surface area (Å²) in [5, 5.41) is 2.78. The molecule has 0 radical (unpaired) electrons. The summed E-state index contributed by atoms with van der Waals surface area (Å²) >= 11 is 0. The lowest BCUT2D eigenvalue weighted by Gasteiger charge is -2.33. The molecule has 2 heterocycles. The Labute approximate surface area is 108 Å². The van der Waals surface area contributed by atoms with Gasteiger partial charge in [0.15, 0.2) is 5.78 Å². The average Bonchev–Trinajstić information content (AvgIpc) is 2.88. The van der Waals surface area contributed by atoms with Crippen molar-refractivity contribution < 1.29 is 9.59 Å². The minimum Gasteiger partial charge on any atom is -0.331 e. The number of likely N-dealkylation sites (tertiary alicyclic amines) is 1. The van der Waals surface area contributed by atoms with Crippen molar-refractivity contribution in [3.8, 4) is 0 Å². The second-order valence-electron chi connectivity index (χ2n) is 5.24. The number of ketones is 1. The molecule has 0 saturated carbocycles. The molecule has 2 aliphatic heterocycles. The minimum atomic E-state index is -0.830. The number of Topliss-reactive ketones (excluding diaryl/α,β-unsaturated/α-hetero) is 1. The summed E-state index contributed by atoms with van der Waals surface area (Å²) in [7, 11) is 0. The lowest BCUT2D eigenvalue weighted by Crippen LogP contribution is -2.50. The van der Waals surface area contributed by atoms with Gasteiger partial charge in [0.05, 0.1) is 0 Å².